The monoisotopic (exact) mass is 234 g/mol. The lowest BCUT2D eigenvalue weighted by molar-refractivity contribution is 1.17. The summed E-state index contributed by atoms with van der Waals surface area (Å²) in [7, 11) is 0. The van der Waals surface area contributed by atoms with Gasteiger partial charge in [-0.3, -0.25) is 4.40 Å². The van der Waals surface area contributed by atoms with E-state index < -0.39 is 0 Å². The van der Waals surface area contributed by atoms with Gasteiger partial charge in [-0.2, -0.15) is 0 Å². The minimum atomic E-state index is 0.790. The number of hydrogen-bond donors (Lipinski definition) is 0. The first kappa shape index (κ1) is 8.95. The maximum Gasteiger partial charge on any atom is 0.154 e. The second-order valence-corrected chi connectivity index (χ2v) is 4.90. The van der Waals surface area contributed by atoms with Crippen LogP contribution in [0.5, 0.6) is 0 Å². The highest BCUT2D eigenvalue weighted by Gasteiger charge is 2.07. The van der Waals surface area contributed by atoms with Crippen molar-refractivity contribution in [2.75, 3.05) is 0 Å². The highest BCUT2D eigenvalue weighted by molar-refractivity contribution is 7.19. The molecule has 0 aliphatic rings. The van der Waals surface area contributed by atoms with E-state index in [1.165, 1.54) is 0 Å². The molecule has 0 saturated heterocycles. The van der Waals surface area contributed by atoms with Crippen LogP contribution in [0.2, 0.25) is 4.34 Å². The van der Waals surface area contributed by atoms with Gasteiger partial charge >= 0.3 is 0 Å². The Morgan fingerprint density at radius 3 is 2.93 bits per heavy atom. The molecule has 3 aromatic rings. The molecule has 74 valence electrons. The molecule has 0 bridgehead atoms. The normalized spacial score (nSPS) is 11.0. The second-order valence-electron chi connectivity index (χ2n) is 3.18. The largest absolute Gasteiger partial charge is 0.299 e. The second kappa shape index (κ2) is 3.36. The van der Waals surface area contributed by atoms with Gasteiger partial charge in [0.1, 0.15) is 0 Å². The Hall–Kier alpha value is -1.32. The van der Waals surface area contributed by atoms with E-state index in [0.717, 1.165) is 20.6 Å². The summed E-state index contributed by atoms with van der Waals surface area (Å²) in [4.78, 5) is 5.48. The predicted octanol–water partition coefficient (Wildman–Crippen LogP) is 3.72. The zero-order valence-electron chi connectivity index (χ0n) is 7.72. The molecule has 15 heavy (non-hydrogen) atoms. The molecule has 0 amide bonds. The maximum atomic E-state index is 5.91. The number of halogens is 1. The van der Waals surface area contributed by atoms with Gasteiger partial charge in [0, 0.05) is 6.20 Å². The van der Waals surface area contributed by atoms with Gasteiger partial charge in [0.2, 0.25) is 0 Å². The Kier molecular flexibility index (Phi) is 2.01. The summed E-state index contributed by atoms with van der Waals surface area (Å²) < 4.78 is 2.85. The molecule has 0 unspecified atom stereocenters. The smallest absolute Gasteiger partial charge is 0.154 e. The summed E-state index contributed by atoms with van der Waals surface area (Å²) in [5, 5.41) is 0. The molecule has 0 atom stereocenters. The molecule has 0 N–H and O–H groups in total. The molecule has 0 saturated carbocycles. The first-order valence-corrected chi connectivity index (χ1v) is 5.72. The van der Waals surface area contributed by atoms with Crippen LogP contribution in [0, 0.1) is 0 Å². The molecule has 2 nitrogen and oxygen atoms in total. The summed E-state index contributed by atoms with van der Waals surface area (Å²) in [5.74, 6) is 0.947. The van der Waals surface area contributed by atoms with Crippen molar-refractivity contribution in [2.45, 2.75) is 0 Å². The van der Waals surface area contributed by atoms with Crippen molar-refractivity contribution in [1.82, 2.24) is 9.38 Å². The Bertz CT molecular complexity index is 612. The van der Waals surface area contributed by atoms with Crippen LogP contribution in [0.3, 0.4) is 0 Å². The number of nitrogens with zero attached hydrogens (tertiary/aromatic N) is 2. The van der Waals surface area contributed by atoms with Crippen molar-refractivity contribution in [2.24, 2.45) is 0 Å². The van der Waals surface area contributed by atoms with E-state index in [2.05, 4.69) is 9.38 Å². The van der Waals surface area contributed by atoms with Crippen LogP contribution < -0.4 is 0 Å². The van der Waals surface area contributed by atoms with Gasteiger partial charge in [-0.25, -0.2) is 4.98 Å². The van der Waals surface area contributed by atoms with E-state index in [1.54, 1.807) is 11.3 Å². The Labute approximate surface area is 95.8 Å². The minimum absolute atomic E-state index is 0.790. The number of rotatable bonds is 1. The van der Waals surface area contributed by atoms with Crippen LogP contribution in [-0.2, 0) is 0 Å². The number of aromatic nitrogens is 2. The molecular formula is C11H7ClN2S. The van der Waals surface area contributed by atoms with Crippen molar-refractivity contribution >= 4 is 28.5 Å². The van der Waals surface area contributed by atoms with Crippen molar-refractivity contribution in [1.29, 1.82) is 0 Å². The maximum absolute atomic E-state index is 5.91. The average molecular weight is 235 g/mol. The highest BCUT2D eigenvalue weighted by atomic mass is 35.5. The lowest BCUT2D eigenvalue weighted by atomic mass is 10.4. The number of imidazole rings is 1. The predicted molar refractivity (Wildman–Crippen MR) is 63.5 cm³/mol. The van der Waals surface area contributed by atoms with Crippen molar-refractivity contribution in [3.8, 4) is 10.7 Å². The van der Waals surface area contributed by atoms with Crippen LogP contribution in [0.15, 0.2) is 42.7 Å². The number of thiophene rings is 1. The third-order valence-corrected chi connectivity index (χ3v) is 3.46. The standard InChI is InChI=1S/C11H7ClN2S/c12-10-5-4-9(15-10)11-13-7-8-3-1-2-6-14(8)11/h1-7H. The summed E-state index contributed by atoms with van der Waals surface area (Å²) in [5.41, 5.74) is 1.09. The average Bonchev–Trinajstić information content (AvgIpc) is 2.83. The molecule has 0 aliphatic carbocycles. The number of fused-ring (bicyclic) bond motifs is 1. The lowest BCUT2D eigenvalue weighted by Crippen LogP contribution is -1.85. The van der Waals surface area contributed by atoms with E-state index in [0.29, 0.717) is 0 Å². The summed E-state index contributed by atoms with van der Waals surface area (Å²) >= 11 is 7.45. The Morgan fingerprint density at radius 2 is 2.13 bits per heavy atom. The van der Waals surface area contributed by atoms with Crippen LogP contribution in [0.4, 0.5) is 0 Å². The van der Waals surface area contributed by atoms with Gasteiger partial charge < -0.3 is 0 Å². The van der Waals surface area contributed by atoms with Crippen molar-refractivity contribution in [3.05, 3.63) is 47.1 Å². The molecule has 3 rings (SSSR count). The van der Waals surface area contributed by atoms with E-state index in [4.69, 9.17) is 11.6 Å². The minimum Gasteiger partial charge on any atom is -0.299 e. The summed E-state index contributed by atoms with van der Waals surface area (Å²) in [6.07, 6.45) is 3.87. The van der Waals surface area contributed by atoms with Crippen molar-refractivity contribution in [3.63, 3.8) is 0 Å². The van der Waals surface area contributed by atoms with Gasteiger partial charge in [-0.15, -0.1) is 11.3 Å². The third kappa shape index (κ3) is 1.44. The van der Waals surface area contributed by atoms with E-state index in [-0.39, 0.29) is 0 Å². The summed E-state index contributed by atoms with van der Waals surface area (Å²) in [6, 6.07) is 9.92. The van der Waals surface area contributed by atoms with Gasteiger partial charge in [-0.05, 0) is 24.3 Å². The van der Waals surface area contributed by atoms with E-state index in [1.807, 2.05) is 42.7 Å². The lowest BCUT2D eigenvalue weighted by Gasteiger charge is -1.96. The zero-order chi connectivity index (χ0) is 10.3. The van der Waals surface area contributed by atoms with Crippen LogP contribution in [-0.4, -0.2) is 9.38 Å². The van der Waals surface area contributed by atoms with E-state index >= 15 is 0 Å². The zero-order valence-corrected chi connectivity index (χ0v) is 9.29. The first-order chi connectivity index (χ1) is 7.34. The van der Waals surface area contributed by atoms with Crippen LogP contribution in [0.1, 0.15) is 0 Å². The molecule has 4 heteroatoms. The SMILES string of the molecule is Clc1ccc(-c2ncc3ccccn23)s1. The molecule has 0 fully saturated rings. The van der Waals surface area contributed by atoms with Gasteiger partial charge in [0.15, 0.2) is 5.82 Å². The molecule has 0 aliphatic heterocycles. The molecule has 3 aromatic heterocycles. The molecule has 0 aromatic carbocycles. The Balaban J connectivity index is 2.27. The fourth-order valence-corrected chi connectivity index (χ4v) is 2.60. The summed E-state index contributed by atoms with van der Waals surface area (Å²) in [6.45, 7) is 0. The third-order valence-electron chi connectivity index (χ3n) is 2.23. The fraction of sp³-hybridized carbons (Fsp3) is 0. The first-order valence-electron chi connectivity index (χ1n) is 4.52. The topological polar surface area (TPSA) is 17.3 Å². The highest BCUT2D eigenvalue weighted by Crippen LogP contribution is 2.30. The number of hydrogen-bond acceptors (Lipinski definition) is 2. The van der Waals surface area contributed by atoms with Crippen molar-refractivity contribution < 1.29 is 0 Å². The molecule has 0 spiro atoms. The van der Waals surface area contributed by atoms with Gasteiger partial charge in [-0.1, -0.05) is 17.7 Å². The molecular weight excluding hydrogens is 228 g/mol. The molecule has 3 heterocycles. The van der Waals surface area contributed by atoms with Crippen LogP contribution in [0.25, 0.3) is 16.2 Å². The van der Waals surface area contributed by atoms with Gasteiger partial charge in [0.25, 0.3) is 0 Å². The molecule has 0 radical (unpaired) electrons. The quantitative estimate of drug-likeness (QED) is 0.627. The van der Waals surface area contributed by atoms with E-state index in [9.17, 15) is 0 Å². The number of pyridine rings is 1. The fourth-order valence-electron chi connectivity index (χ4n) is 1.56. The Morgan fingerprint density at radius 1 is 1.20 bits per heavy atom. The van der Waals surface area contributed by atoms with Crippen LogP contribution >= 0.6 is 22.9 Å². The van der Waals surface area contributed by atoms with Gasteiger partial charge in [0.05, 0.1) is 20.9 Å².